The van der Waals surface area contributed by atoms with Gasteiger partial charge < -0.3 is 10.6 Å². The van der Waals surface area contributed by atoms with Crippen LogP contribution in [0.25, 0.3) is 28.3 Å². The minimum absolute atomic E-state index is 0.505. The molecule has 5 aromatic rings. The van der Waals surface area contributed by atoms with Crippen molar-refractivity contribution in [3.05, 3.63) is 90.8 Å². The summed E-state index contributed by atoms with van der Waals surface area (Å²) < 4.78 is 2.15. The number of nitrogens with one attached hydrogen (secondary N) is 2. The van der Waals surface area contributed by atoms with Crippen molar-refractivity contribution in [1.82, 2.24) is 19.4 Å². The van der Waals surface area contributed by atoms with Gasteiger partial charge in [0.25, 0.3) is 0 Å². The van der Waals surface area contributed by atoms with E-state index in [-0.39, 0.29) is 0 Å². The predicted octanol–water partition coefficient (Wildman–Crippen LogP) is 6.86. The molecule has 174 valence electrons. The monoisotopic (exact) mass is 460 g/mol. The predicted molar refractivity (Wildman–Crippen MR) is 142 cm³/mol. The summed E-state index contributed by atoms with van der Waals surface area (Å²) in [6.45, 7) is 2.10. The summed E-state index contributed by atoms with van der Waals surface area (Å²) >= 11 is 0. The van der Waals surface area contributed by atoms with Gasteiger partial charge in [-0.2, -0.15) is 0 Å². The average Bonchev–Trinajstić information content (AvgIpc) is 3.54. The zero-order valence-electron chi connectivity index (χ0n) is 19.8. The van der Waals surface area contributed by atoms with Gasteiger partial charge in [-0.3, -0.25) is 4.40 Å². The lowest BCUT2D eigenvalue weighted by molar-refractivity contribution is 0.755. The largest absolute Gasteiger partial charge is 0.379 e. The van der Waals surface area contributed by atoms with Crippen LogP contribution in [0.1, 0.15) is 31.2 Å². The Morgan fingerprint density at radius 1 is 0.857 bits per heavy atom. The van der Waals surface area contributed by atoms with Gasteiger partial charge >= 0.3 is 0 Å². The fourth-order valence-electron chi connectivity index (χ4n) is 4.83. The first kappa shape index (κ1) is 21.4. The van der Waals surface area contributed by atoms with Gasteiger partial charge in [-0.25, -0.2) is 15.0 Å². The van der Waals surface area contributed by atoms with E-state index in [1.54, 1.807) is 6.20 Å². The third-order valence-corrected chi connectivity index (χ3v) is 6.62. The Labute approximate surface area is 205 Å². The summed E-state index contributed by atoms with van der Waals surface area (Å²) in [7, 11) is 0. The molecule has 6 rings (SSSR count). The van der Waals surface area contributed by atoms with Crippen molar-refractivity contribution in [2.24, 2.45) is 0 Å². The third kappa shape index (κ3) is 4.35. The Morgan fingerprint density at radius 2 is 1.66 bits per heavy atom. The van der Waals surface area contributed by atoms with E-state index in [1.807, 2.05) is 36.4 Å². The van der Waals surface area contributed by atoms with Crippen LogP contribution in [0.5, 0.6) is 0 Å². The Morgan fingerprint density at radius 3 is 2.46 bits per heavy atom. The maximum atomic E-state index is 5.16. The van der Waals surface area contributed by atoms with Crippen LogP contribution in [-0.4, -0.2) is 25.4 Å². The molecule has 0 atom stereocenters. The smallest absolute Gasteiger partial charge is 0.227 e. The normalized spacial score (nSPS) is 13.9. The molecular weight excluding hydrogens is 432 g/mol. The molecule has 35 heavy (non-hydrogen) atoms. The van der Waals surface area contributed by atoms with Crippen molar-refractivity contribution in [2.45, 2.75) is 38.6 Å². The topological polar surface area (TPSA) is 67.1 Å². The van der Waals surface area contributed by atoms with Crippen LogP contribution in [0.2, 0.25) is 0 Å². The van der Waals surface area contributed by atoms with Crippen LogP contribution >= 0.6 is 0 Å². The number of aryl methyl sites for hydroxylation is 1. The lowest BCUT2D eigenvalue weighted by Crippen LogP contribution is -2.15. The van der Waals surface area contributed by atoms with Crippen LogP contribution in [0.3, 0.4) is 0 Å². The fourth-order valence-corrected chi connectivity index (χ4v) is 4.83. The summed E-state index contributed by atoms with van der Waals surface area (Å²) in [6, 6.07) is 25.2. The van der Waals surface area contributed by atoms with Crippen LogP contribution < -0.4 is 10.6 Å². The van der Waals surface area contributed by atoms with Gasteiger partial charge in [-0.15, -0.1) is 0 Å². The van der Waals surface area contributed by atoms with Gasteiger partial charge in [-0.05, 0) is 50.1 Å². The number of hydrogen-bond acceptors (Lipinski definition) is 5. The molecule has 2 aromatic carbocycles. The average molecular weight is 461 g/mol. The Bertz CT molecular complexity index is 1450. The van der Waals surface area contributed by atoms with E-state index >= 15 is 0 Å². The molecule has 0 bridgehead atoms. The molecule has 3 heterocycles. The molecule has 0 amide bonds. The van der Waals surface area contributed by atoms with Gasteiger partial charge in [0.15, 0.2) is 5.65 Å². The van der Waals surface area contributed by atoms with Crippen molar-refractivity contribution in [2.75, 3.05) is 10.6 Å². The van der Waals surface area contributed by atoms with E-state index in [2.05, 4.69) is 69.5 Å². The van der Waals surface area contributed by atoms with Crippen LogP contribution in [0.15, 0.2) is 85.2 Å². The third-order valence-electron chi connectivity index (χ3n) is 6.62. The fraction of sp³-hybridized carbons (Fsp3) is 0.207. The number of benzene rings is 2. The highest BCUT2D eigenvalue weighted by atomic mass is 15.1. The summed E-state index contributed by atoms with van der Waals surface area (Å²) in [5, 5.41) is 7.07. The molecule has 2 N–H and O–H groups in total. The first-order chi connectivity index (χ1) is 17.2. The van der Waals surface area contributed by atoms with E-state index in [0.717, 1.165) is 39.7 Å². The van der Waals surface area contributed by atoms with Crippen molar-refractivity contribution in [1.29, 1.82) is 0 Å². The van der Waals surface area contributed by atoms with Gasteiger partial charge in [0.1, 0.15) is 0 Å². The second-order valence-corrected chi connectivity index (χ2v) is 9.17. The number of imidazole rings is 1. The Balaban J connectivity index is 1.49. The highest BCUT2D eigenvalue weighted by Gasteiger charge is 2.21. The van der Waals surface area contributed by atoms with Gasteiger partial charge in [-0.1, -0.05) is 60.9 Å². The summed E-state index contributed by atoms with van der Waals surface area (Å²) in [4.78, 5) is 14.5. The maximum absolute atomic E-state index is 5.16. The minimum atomic E-state index is 0.505. The lowest BCUT2D eigenvalue weighted by atomic mass is 10.1. The number of hydrogen-bond donors (Lipinski definition) is 2. The Hall–Kier alpha value is -4.19. The quantitative estimate of drug-likeness (QED) is 0.290. The van der Waals surface area contributed by atoms with Crippen molar-refractivity contribution < 1.29 is 0 Å². The lowest BCUT2D eigenvalue weighted by Gasteiger charge is -2.14. The van der Waals surface area contributed by atoms with E-state index in [0.29, 0.717) is 12.0 Å². The number of anilines is 3. The van der Waals surface area contributed by atoms with Crippen molar-refractivity contribution in [3.8, 4) is 22.6 Å². The number of aromatic nitrogens is 4. The minimum Gasteiger partial charge on any atom is -0.379 e. The SMILES string of the molecule is Cc1ccc(-c2nc3c(NC4CCCC4)cccn3c2-c2ccnc(Nc3ccccc3)n2)cc1. The second kappa shape index (κ2) is 9.22. The molecule has 0 spiro atoms. The summed E-state index contributed by atoms with van der Waals surface area (Å²) in [6.07, 6.45) is 8.86. The molecular formula is C29H28N6. The molecule has 0 radical (unpaired) electrons. The summed E-state index contributed by atoms with van der Waals surface area (Å²) in [5.41, 5.74) is 7.91. The molecule has 3 aromatic heterocycles. The zero-order chi connectivity index (χ0) is 23.6. The zero-order valence-corrected chi connectivity index (χ0v) is 19.8. The van der Waals surface area contributed by atoms with E-state index < -0.39 is 0 Å². The van der Waals surface area contributed by atoms with Crippen LogP contribution in [-0.2, 0) is 0 Å². The molecule has 6 heteroatoms. The highest BCUT2D eigenvalue weighted by Crippen LogP contribution is 2.35. The molecule has 1 fully saturated rings. The standard InChI is InChI=1S/C29H28N6/c1-20-13-15-21(16-14-20)26-27(24-17-18-30-29(33-24)32-23-8-3-2-4-9-23)35-19-7-12-25(28(35)34-26)31-22-10-5-6-11-22/h2-4,7-9,12-19,22,31H,5-6,10-11H2,1H3,(H,30,32,33). The van der Waals surface area contributed by atoms with E-state index in [9.17, 15) is 0 Å². The molecule has 1 aliphatic carbocycles. The van der Waals surface area contributed by atoms with Crippen molar-refractivity contribution in [3.63, 3.8) is 0 Å². The van der Waals surface area contributed by atoms with Crippen molar-refractivity contribution >= 4 is 23.0 Å². The maximum Gasteiger partial charge on any atom is 0.227 e. The van der Waals surface area contributed by atoms with Crippen LogP contribution in [0.4, 0.5) is 17.3 Å². The molecule has 0 aliphatic heterocycles. The summed E-state index contributed by atoms with van der Waals surface area (Å²) in [5.74, 6) is 0.554. The number of pyridine rings is 1. The molecule has 0 unspecified atom stereocenters. The van der Waals surface area contributed by atoms with Gasteiger partial charge in [0.2, 0.25) is 5.95 Å². The highest BCUT2D eigenvalue weighted by molar-refractivity contribution is 5.84. The number of nitrogens with zero attached hydrogens (tertiary/aromatic N) is 4. The van der Waals surface area contributed by atoms with Crippen LogP contribution in [0, 0.1) is 6.92 Å². The van der Waals surface area contributed by atoms with Gasteiger partial charge in [0, 0.05) is 29.7 Å². The second-order valence-electron chi connectivity index (χ2n) is 9.17. The number of rotatable bonds is 6. The molecule has 1 saturated carbocycles. The first-order valence-corrected chi connectivity index (χ1v) is 12.2. The number of fused-ring (bicyclic) bond motifs is 1. The number of para-hydroxylation sites is 1. The molecule has 1 aliphatic rings. The Kier molecular flexibility index (Phi) is 5.62. The van der Waals surface area contributed by atoms with Gasteiger partial charge in [0.05, 0.1) is 22.8 Å². The molecule has 0 saturated heterocycles. The van der Waals surface area contributed by atoms with E-state index in [1.165, 1.54) is 31.2 Å². The first-order valence-electron chi connectivity index (χ1n) is 12.2. The molecule has 6 nitrogen and oxygen atoms in total. The van der Waals surface area contributed by atoms with E-state index in [4.69, 9.17) is 9.97 Å².